The van der Waals surface area contributed by atoms with Crippen LogP contribution in [0.15, 0.2) is 0 Å². The number of rotatable bonds is 1. The molecule has 0 aromatic heterocycles. The van der Waals surface area contributed by atoms with E-state index >= 15 is 0 Å². The minimum absolute atomic E-state index is 0.0878. The molecule has 1 N–H and O–H groups in total. The van der Waals surface area contributed by atoms with Gasteiger partial charge in [0.2, 0.25) is 5.91 Å². The predicted molar refractivity (Wildman–Crippen MR) is 49.7 cm³/mol. The van der Waals surface area contributed by atoms with Gasteiger partial charge in [-0.05, 0) is 13.8 Å². The van der Waals surface area contributed by atoms with E-state index in [1.54, 1.807) is 0 Å². The molecule has 2 fully saturated rings. The topological polar surface area (TPSA) is 91.8 Å². The van der Waals surface area contributed by atoms with Crippen molar-refractivity contribution in [2.24, 2.45) is 0 Å². The van der Waals surface area contributed by atoms with Crippen LogP contribution in [0.2, 0.25) is 0 Å². The van der Waals surface area contributed by atoms with Gasteiger partial charge in [-0.3, -0.25) is 4.79 Å². The van der Waals surface area contributed by atoms with Crippen LogP contribution in [-0.2, 0) is 19.4 Å². The molecule has 0 aromatic carbocycles. The lowest BCUT2D eigenvalue weighted by atomic mass is 9.98. The van der Waals surface area contributed by atoms with Crippen molar-refractivity contribution in [2.75, 3.05) is 0 Å². The molecule has 2 heterocycles. The van der Waals surface area contributed by atoms with E-state index in [0.717, 1.165) is 4.90 Å². The Labute approximate surface area is 86.8 Å². The lowest BCUT2D eigenvalue weighted by Gasteiger charge is -2.35. The monoisotopic (exact) mass is 233 g/mol. The third-order valence-electron chi connectivity index (χ3n) is 3.21. The fourth-order valence-electron chi connectivity index (χ4n) is 2.23. The molecule has 0 saturated carbocycles. The first kappa shape index (κ1) is 10.4. The van der Waals surface area contributed by atoms with Gasteiger partial charge in [-0.1, -0.05) is 0 Å². The van der Waals surface area contributed by atoms with E-state index in [0.29, 0.717) is 0 Å². The molecule has 0 radical (unpaired) electrons. The molecule has 2 aliphatic rings. The van der Waals surface area contributed by atoms with Crippen LogP contribution in [0.4, 0.5) is 0 Å². The highest BCUT2D eigenvalue weighted by Gasteiger charge is 2.67. The molecule has 15 heavy (non-hydrogen) atoms. The second-order valence-electron chi connectivity index (χ2n) is 4.35. The van der Waals surface area contributed by atoms with E-state index in [-0.39, 0.29) is 6.42 Å². The molecule has 7 heteroatoms. The molecular formula is C8H11NO5S. The zero-order chi connectivity index (χ0) is 11.6. The molecule has 0 bridgehead atoms. The van der Waals surface area contributed by atoms with Crippen molar-refractivity contribution in [2.45, 2.75) is 36.4 Å². The van der Waals surface area contributed by atoms with Crippen LogP contribution in [0.25, 0.3) is 0 Å². The Bertz CT molecular complexity index is 452. The third kappa shape index (κ3) is 0.961. The average molecular weight is 233 g/mol. The summed E-state index contributed by atoms with van der Waals surface area (Å²) in [7, 11) is -3.57. The first-order valence-electron chi connectivity index (χ1n) is 4.48. The summed E-state index contributed by atoms with van der Waals surface area (Å²) in [5.41, 5.74) is 0. The van der Waals surface area contributed by atoms with Crippen molar-refractivity contribution in [1.29, 1.82) is 0 Å². The molecule has 2 aliphatic heterocycles. The van der Waals surface area contributed by atoms with Gasteiger partial charge >= 0.3 is 5.97 Å². The Hall–Kier alpha value is -1.11. The molecule has 2 rings (SSSR count). The van der Waals surface area contributed by atoms with E-state index in [1.165, 1.54) is 13.8 Å². The maximum absolute atomic E-state index is 11.9. The van der Waals surface area contributed by atoms with Gasteiger partial charge in [0.05, 0.1) is 11.2 Å². The van der Waals surface area contributed by atoms with Gasteiger partial charge in [0.15, 0.2) is 9.84 Å². The van der Waals surface area contributed by atoms with Gasteiger partial charge in [-0.25, -0.2) is 13.2 Å². The van der Waals surface area contributed by atoms with E-state index < -0.39 is 37.9 Å². The zero-order valence-electron chi connectivity index (χ0n) is 8.30. The van der Waals surface area contributed by atoms with Crippen molar-refractivity contribution < 1.29 is 23.1 Å². The minimum atomic E-state index is -3.57. The molecular weight excluding hydrogens is 222 g/mol. The second-order valence-corrected chi connectivity index (χ2v) is 7.04. The second kappa shape index (κ2) is 2.52. The van der Waals surface area contributed by atoms with Crippen LogP contribution in [0, 0.1) is 0 Å². The van der Waals surface area contributed by atoms with Crippen LogP contribution in [0.1, 0.15) is 20.3 Å². The number of fused-ring (bicyclic) bond motifs is 1. The van der Waals surface area contributed by atoms with E-state index in [2.05, 4.69) is 0 Å². The van der Waals surface area contributed by atoms with Gasteiger partial charge in [0, 0.05) is 0 Å². The highest BCUT2D eigenvalue weighted by Crippen LogP contribution is 2.45. The summed E-state index contributed by atoms with van der Waals surface area (Å²) in [5, 5.41) is 8.03. The summed E-state index contributed by atoms with van der Waals surface area (Å²) in [6, 6.07) is -1.26. The predicted octanol–water partition coefficient (Wildman–Crippen LogP) is -0.795. The highest BCUT2D eigenvalue weighted by atomic mass is 32.2. The third-order valence-corrected chi connectivity index (χ3v) is 6.01. The molecule has 2 atom stereocenters. The summed E-state index contributed by atoms with van der Waals surface area (Å²) >= 11 is 0. The van der Waals surface area contributed by atoms with E-state index in [4.69, 9.17) is 5.11 Å². The number of nitrogens with zero attached hydrogens (tertiary/aromatic N) is 1. The van der Waals surface area contributed by atoms with E-state index in [1.807, 2.05) is 0 Å². The summed E-state index contributed by atoms with van der Waals surface area (Å²) in [6.07, 6.45) is -0.0878. The standard InChI is InChI=1S/C8H11NO5S/c1-8(2)6(7(11)12)9-4(10)3-5(9)15(8,13)14/h5-6H,3H2,1-2H3,(H,11,12)/t5?,6-/m1/s1. The van der Waals surface area contributed by atoms with Crippen LogP contribution in [0.3, 0.4) is 0 Å². The minimum Gasteiger partial charge on any atom is -0.480 e. The molecule has 1 unspecified atom stereocenters. The number of β-lactam (4-membered cyclic amide) rings is 1. The number of aliphatic carboxylic acids is 1. The Kier molecular flexibility index (Phi) is 1.75. The number of carboxylic acid groups (broad SMARTS) is 1. The van der Waals surface area contributed by atoms with Crippen LogP contribution < -0.4 is 0 Å². The molecule has 6 nitrogen and oxygen atoms in total. The van der Waals surface area contributed by atoms with Crippen molar-refractivity contribution in [3.63, 3.8) is 0 Å². The van der Waals surface area contributed by atoms with Crippen LogP contribution >= 0.6 is 0 Å². The maximum Gasteiger partial charge on any atom is 0.328 e. The zero-order valence-corrected chi connectivity index (χ0v) is 9.11. The average Bonchev–Trinajstić information content (AvgIpc) is 2.19. The SMILES string of the molecule is CC1(C)[C@@H](C(=O)O)N2C(=O)CC2S1(=O)=O. The quantitative estimate of drug-likeness (QED) is 0.599. The highest BCUT2D eigenvalue weighted by molar-refractivity contribution is 7.93. The molecule has 1 amide bonds. The van der Waals surface area contributed by atoms with Gasteiger partial charge in [0.25, 0.3) is 0 Å². The summed E-state index contributed by atoms with van der Waals surface area (Å²) in [6.45, 7) is 2.71. The van der Waals surface area contributed by atoms with E-state index in [9.17, 15) is 18.0 Å². The first-order chi connectivity index (χ1) is 6.71. The lowest BCUT2D eigenvalue weighted by molar-refractivity contribution is -0.157. The number of hydrogen-bond donors (Lipinski definition) is 1. The molecule has 2 saturated heterocycles. The van der Waals surface area contributed by atoms with Crippen LogP contribution in [-0.4, -0.2) is 46.5 Å². The molecule has 0 spiro atoms. The Morgan fingerprint density at radius 2 is 2.07 bits per heavy atom. The Morgan fingerprint density at radius 1 is 1.53 bits per heavy atom. The maximum atomic E-state index is 11.9. The van der Waals surface area contributed by atoms with Gasteiger partial charge in [-0.15, -0.1) is 0 Å². The van der Waals surface area contributed by atoms with Crippen molar-refractivity contribution in [3.05, 3.63) is 0 Å². The van der Waals surface area contributed by atoms with Crippen LogP contribution in [0.5, 0.6) is 0 Å². The Balaban J connectivity index is 2.57. The molecule has 0 aromatic rings. The number of amides is 1. The Morgan fingerprint density at radius 3 is 2.40 bits per heavy atom. The largest absolute Gasteiger partial charge is 0.480 e. The summed E-state index contributed by atoms with van der Waals surface area (Å²) in [5.74, 6) is -1.67. The van der Waals surface area contributed by atoms with Gasteiger partial charge < -0.3 is 10.0 Å². The summed E-state index contributed by atoms with van der Waals surface area (Å²) < 4.78 is 22.4. The summed E-state index contributed by atoms with van der Waals surface area (Å²) in [4.78, 5) is 23.2. The smallest absolute Gasteiger partial charge is 0.328 e. The fraction of sp³-hybridized carbons (Fsp3) is 0.750. The van der Waals surface area contributed by atoms with Crippen molar-refractivity contribution in [1.82, 2.24) is 4.90 Å². The van der Waals surface area contributed by atoms with Gasteiger partial charge in [-0.2, -0.15) is 0 Å². The number of carbonyl (C=O) groups excluding carboxylic acids is 1. The number of hydrogen-bond acceptors (Lipinski definition) is 4. The van der Waals surface area contributed by atoms with Crippen molar-refractivity contribution in [3.8, 4) is 0 Å². The number of carbonyl (C=O) groups is 2. The fourth-order valence-corrected chi connectivity index (χ4v) is 4.36. The lowest BCUT2D eigenvalue weighted by Crippen LogP contribution is -2.57. The van der Waals surface area contributed by atoms with Gasteiger partial charge in [0.1, 0.15) is 11.4 Å². The normalized spacial score (nSPS) is 35.9. The molecule has 84 valence electrons. The number of sulfone groups is 1. The number of carboxylic acids is 1. The first-order valence-corrected chi connectivity index (χ1v) is 6.03. The van der Waals surface area contributed by atoms with Crippen molar-refractivity contribution >= 4 is 21.7 Å². The molecule has 0 aliphatic carbocycles.